The maximum Gasteiger partial charge on any atom is 0.0251 e. The van der Waals surface area contributed by atoms with Crippen molar-refractivity contribution >= 4 is 11.6 Å². The lowest BCUT2D eigenvalue weighted by Crippen LogP contribution is -2.14. The normalized spacial score (nSPS) is 23.5. The fraction of sp³-hybridized carbons (Fsp3) is 0.667. The number of hydrogen-bond acceptors (Lipinski definition) is 0. The fourth-order valence-electron chi connectivity index (χ4n) is 3.19. The molecule has 106 valence electrons. The summed E-state index contributed by atoms with van der Waals surface area (Å²) in [5.41, 5.74) is 3.05. The van der Waals surface area contributed by atoms with E-state index in [1.807, 2.05) is 0 Å². The summed E-state index contributed by atoms with van der Waals surface area (Å²) in [5.74, 6) is 2.40. The van der Waals surface area contributed by atoms with Gasteiger partial charge in [-0.1, -0.05) is 44.0 Å². The largest absolute Gasteiger partial charge is 0.126 e. The van der Waals surface area contributed by atoms with Crippen LogP contribution in [0.15, 0.2) is 24.3 Å². The van der Waals surface area contributed by atoms with E-state index >= 15 is 0 Å². The van der Waals surface area contributed by atoms with Crippen molar-refractivity contribution in [2.75, 3.05) is 5.88 Å². The number of rotatable bonds is 6. The standard InChI is InChI=1S/C18H27Cl/c1-2-3-4-5-15-6-10-17(11-7-15)18-12-8-16(14-19)9-13-18/h6-7,10-11,16,18H,2-5,8-9,12-14H2,1H3. The highest BCUT2D eigenvalue weighted by Gasteiger charge is 2.21. The number of alkyl halides is 1. The van der Waals surface area contributed by atoms with Gasteiger partial charge >= 0.3 is 0 Å². The fourth-order valence-corrected chi connectivity index (χ4v) is 3.49. The summed E-state index contributed by atoms with van der Waals surface area (Å²) < 4.78 is 0. The van der Waals surface area contributed by atoms with Crippen molar-refractivity contribution in [3.63, 3.8) is 0 Å². The first-order valence-corrected chi connectivity index (χ1v) is 8.51. The van der Waals surface area contributed by atoms with Gasteiger partial charge in [0, 0.05) is 5.88 Å². The minimum atomic E-state index is 0.770. The molecule has 1 aliphatic carbocycles. The van der Waals surface area contributed by atoms with Crippen molar-refractivity contribution in [3.8, 4) is 0 Å². The summed E-state index contributed by atoms with van der Waals surface area (Å²) >= 11 is 5.96. The van der Waals surface area contributed by atoms with Gasteiger partial charge in [-0.2, -0.15) is 0 Å². The third kappa shape index (κ3) is 4.53. The van der Waals surface area contributed by atoms with Gasteiger partial charge in [0.25, 0.3) is 0 Å². The van der Waals surface area contributed by atoms with Crippen LogP contribution >= 0.6 is 11.6 Å². The lowest BCUT2D eigenvalue weighted by Gasteiger charge is -2.27. The van der Waals surface area contributed by atoms with Gasteiger partial charge < -0.3 is 0 Å². The molecule has 0 amide bonds. The maximum atomic E-state index is 5.96. The molecule has 0 bridgehead atoms. The van der Waals surface area contributed by atoms with Gasteiger partial charge in [0.1, 0.15) is 0 Å². The van der Waals surface area contributed by atoms with Crippen molar-refractivity contribution in [1.29, 1.82) is 0 Å². The van der Waals surface area contributed by atoms with Crippen LogP contribution in [0.4, 0.5) is 0 Å². The van der Waals surface area contributed by atoms with Crippen LogP contribution < -0.4 is 0 Å². The summed E-state index contributed by atoms with van der Waals surface area (Å²) in [7, 11) is 0. The van der Waals surface area contributed by atoms with Gasteiger partial charge in [-0.15, -0.1) is 11.6 Å². The zero-order valence-corrected chi connectivity index (χ0v) is 13.0. The predicted octanol–water partition coefficient (Wildman–Crippen LogP) is 5.93. The average Bonchev–Trinajstić information content (AvgIpc) is 2.48. The van der Waals surface area contributed by atoms with Crippen LogP contribution in [-0.4, -0.2) is 5.88 Å². The van der Waals surface area contributed by atoms with Gasteiger partial charge in [-0.3, -0.25) is 0 Å². The van der Waals surface area contributed by atoms with Crippen LogP contribution in [-0.2, 0) is 6.42 Å². The van der Waals surface area contributed by atoms with Crippen molar-refractivity contribution < 1.29 is 0 Å². The third-order valence-corrected chi connectivity index (χ3v) is 5.02. The molecule has 0 atom stereocenters. The Labute approximate surface area is 123 Å². The highest BCUT2D eigenvalue weighted by molar-refractivity contribution is 6.18. The van der Waals surface area contributed by atoms with Crippen LogP contribution in [0.2, 0.25) is 0 Å². The third-order valence-electron chi connectivity index (χ3n) is 4.59. The molecule has 0 aliphatic heterocycles. The zero-order chi connectivity index (χ0) is 13.5. The van der Waals surface area contributed by atoms with Gasteiger partial charge in [0.05, 0.1) is 0 Å². The second-order valence-electron chi connectivity index (χ2n) is 6.07. The Bertz CT molecular complexity index is 346. The molecule has 1 aromatic carbocycles. The number of halogens is 1. The molecule has 19 heavy (non-hydrogen) atoms. The van der Waals surface area contributed by atoms with Gasteiger partial charge in [-0.05, 0) is 61.5 Å². The summed E-state index contributed by atoms with van der Waals surface area (Å²) in [6.07, 6.45) is 10.5. The quantitative estimate of drug-likeness (QED) is 0.447. The lowest BCUT2D eigenvalue weighted by atomic mass is 9.79. The van der Waals surface area contributed by atoms with Crippen molar-refractivity contribution in [2.24, 2.45) is 5.92 Å². The number of unbranched alkanes of at least 4 members (excludes halogenated alkanes) is 2. The Morgan fingerprint density at radius 3 is 2.26 bits per heavy atom. The molecule has 0 radical (unpaired) electrons. The number of hydrogen-bond donors (Lipinski definition) is 0. The second kappa shape index (κ2) is 7.94. The van der Waals surface area contributed by atoms with Crippen molar-refractivity contribution in [2.45, 2.75) is 64.2 Å². The smallest absolute Gasteiger partial charge is 0.0251 e. The molecule has 1 aliphatic rings. The Balaban J connectivity index is 1.84. The maximum absolute atomic E-state index is 5.96. The average molecular weight is 279 g/mol. The molecule has 0 aromatic heterocycles. The van der Waals surface area contributed by atoms with Crippen molar-refractivity contribution in [1.82, 2.24) is 0 Å². The highest BCUT2D eigenvalue weighted by Crippen LogP contribution is 2.36. The first-order chi connectivity index (χ1) is 9.33. The Morgan fingerprint density at radius 1 is 1.00 bits per heavy atom. The van der Waals surface area contributed by atoms with E-state index in [1.165, 1.54) is 56.9 Å². The molecule has 1 aromatic rings. The first kappa shape index (κ1) is 14.9. The monoisotopic (exact) mass is 278 g/mol. The SMILES string of the molecule is CCCCCc1ccc(C2CCC(CCl)CC2)cc1. The number of aryl methyl sites for hydroxylation is 1. The van der Waals surface area contributed by atoms with E-state index in [9.17, 15) is 0 Å². The van der Waals surface area contributed by atoms with Gasteiger partial charge in [0.2, 0.25) is 0 Å². The Hall–Kier alpha value is -0.490. The van der Waals surface area contributed by atoms with Gasteiger partial charge in [-0.25, -0.2) is 0 Å². The van der Waals surface area contributed by atoms with Crippen LogP contribution in [0, 0.1) is 5.92 Å². The Kier molecular flexibility index (Phi) is 6.23. The molecular formula is C18H27Cl. The van der Waals surface area contributed by atoms with Crippen LogP contribution in [0.3, 0.4) is 0 Å². The summed E-state index contributed by atoms with van der Waals surface area (Å²) in [6, 6.07) is 9.43. The molecule has 0 saturated heterocycles. The highest BCUT2D eigenvalue weighted by atomic mass is 35.5. The van der Waals surface area contributed by atoms with E-state index < -0.39 is 0 Å². The molecule has 1 heteroatoms. The molecule has 0 spiro atoms. The molecule has 0 nitrogen and oxygen atoms in total. The van der Waals surface area contributed by atoms with Crippen LogP contribution in [0.5, 0.6) is 0 Å². The van der Waals surface area contributed by atoms with E-state index in [0.29, 0.717) is 0 Å². The molecule has 0 unspecified atom stereocenters. The minimum absolute atomic E-state index is 0.770. The minimum Gasteiger partial charge on any atom is -0.126 e. The summed E-state index contributed by atoms with van der Waals surface area (Å²) in [5, 5.41) is 0. The zero-order valence-electron chi connectivity index (χ0n) is 12.2. The van der Waals surface area contributed by atoms with E-state index in [4.69, 9.17) is 11.6 Å². The van der Waals surface area contributed by atoms with Crippen LogP contribution in [0.25, 0.3) is 0 Å². The predicted molar refractivity (Wildman–Crippen MR) is 85.1 cm³/mol. The first-order valence-electron chi connectivity index (χ1n) is 7.98. The second-order valence-corrected chi connectivity index (χ2v) is 6.38. The molecule has 0 N–H and O–H groups in total. The van der Waals surface area contributed by atoms with E-state index in [1.54, 1.807) is 5.56 Å². The molecule has 2 rings (SSSR count). The number of benzene rings is 1. The topological polar surface area (TPSA) is 0 Å². The summed E-state index contributed by atoms with van der Waals surface area (Å²) in [4.78, 5) is 0. The molecular weight excluding hydrogens is 252 g/mol. The van der Waals surface area contributed by atoms with Gasteiger partial charge in [0.15, 0.2) is 0 Å². The molecule has 1 fully saturated rings. The van der Waals surface area contributed by atoms with E-state index in [-0.39, 0.29) is 0 Å². The van der Waals surface area contributed by atoms with E-state index in [2.05, 4.69) is 31.2 Å². The van der Waals surface area contributed by atoms with Crippen molar-refractivity contribution in [3.05, 3.63) is 35.4 Å². The lowest BCUT2D eigenvalue weighted by molar-refractivity contribution is 0.351. The Morgan fingerprint density at radius 2 is 1.68 bits per heavy atom. The van der Waals surface area contributed by atoms with E-state index in [0.717, 1.165) is 17.7 Å². The molecule has 1 saturated carbocycles. The van der Waals surface area contributed by atoms with Crippen LogP contribution in [0.1, 0.15) is 68.9 Å². The molecule has 0 heterocycles. The summed E-state index contributed by atoms with van der Waals surface area (Å²) in [6.45, 7) is 2.26.